The summed E-state index contributed by atoms with van der Waals surface area (Å²) in [5.74, 6) is -0.522. The number of aliphatic carboxylic acids is 1. The zero-order chi connectivity index (χ0) is 23.5. The predicted octanol–water partition coefficient (Wildman–Crippen LogP) is 4.79. The molecule has 4 aromatic rings. The van der Waals surface area contributed by atoms with Crippen LogP contribution in [-0.4, -0.2) is 35.3 Å². The molecule has 34 heavy (non-hydrogen) atoms. The quantitative estimate of drug-likeness (QED) is 0.301. The Morgan fingerprint density at radius 2 is 1.50 bits per heavy atom. The number of nitrogens with two attached hydrogens (primary N) is 1. The number of carboxylic acid groups (broad SMARTS) is 1. The van der Waals surface area contributed by atoms with Crippen LogP contribution in [0.15, 0.2) is 67.0 Å². The van der Waals surface area contributed by atoms with Gasteiger partial charge in [0.1, 0.15) is 12.1 Å². The lowest BCUT2D eigenvalue weighted by atomic mass is 9.97. The number of hydrogen-bond acceptors (Lipinski definition) is 6. The zero-order valence-corrected chi connectivity index (χ0v) is 19.1. The van der Waals surface area contributed by atoms with E-state index in [4.69, 9.17) is 15.2 Å². The minimum atomic E-state index is -1.19. The van der Waals surface area contributed by atoms with Crippen LogP contribution in [0.25, 0.3) is 33.4 Å². The number of aromatic nitrogens is 2. The van der Waals surface area contributed by atoms with Crippen molar-refractivity contribution in [3.8, 4) is 22.8 Å². The molecule has 0 aliphatic heterocycles. The average Bonchev–Trinajstić information content (AvgIpc) is 2.83. The highest BCUT2D eigenvalue weighted by atomic mass is 35.5. The van der Waals surface area contributed by atoms with Crippen molar-refractivity contribution >= 4 is 40.5 Å². The van der Waals surface area contributed by atoms with Gasteiger partial charge in [-0.05, 0) is 41.5 Å². The highest BCUT2D eigenvalue weighted by molar-refractivity contribution is 6.23. The number of ether oxygens (including phenoxy) is 2. The van der Waals surface area contributed by atoms with E-state index in [-0.39, 0.29) is 23.7 Å². The van der Waals surface area contributed by atoms with Gasteiger partial charge in [-0.3, -0.25) is 0 Å². The van der Waals surface area contributed by atoms with Gasteiger partial charge >= 0.3 is 5.97 Å². The number of rotatable bonds is 6. The van der Waals surface area contributed by atoms with Gasteiger partial charge in [-0.25, -0.2) is 19.2 Å². The summed E-state index contributed by atoms with van der Waals surface area (Å²) in [6.07, 6.45) is 1.45. The third kappa shape index (κ3) is 4.62. The maximum Gasteiger partial charge on any atom is 0.338 e. The fourth-order valence-electron chi connectivity index (χ4n) is 3.58. The maximum atomic E-state index is 13.2. The molecule has 9 heteroatoms. The van der Waals surface area contributed by atoms with Gasteiger partial charge in [-0.2, -0.15) is 0 Å². The molecule has 1 heterocycles. The van der Waals surface area contributed by atoms with E-state index in [1.807, 2.05) is 0 Å². The fraction of sp³-hybridized carbons (Fsp3) is 0.0800. The molecule has 0 aliphatic rings. The van der Waals surface area contributed by atoms with Gasteiger partial charge in [0.05, 0.1) is 36.7 Å². The minimum Gasteiger partial charge on any atom is -0.493 e. The zero-order valence-electron chi connectivity index (χ0n) is 18.3. The highest BCUT2D eigenvalue weighted by Crippen LogP contribution is 2.35. The third-order valence-electron chi connectivity index (χ3n) is 5.23. The van der Waals surface area contributed by atoms with Crippen LogP contribution >= 0.6 is 12.4 Å². The molecular formula is C25H21ClFN3O4. The molecule has 0 saturated carbocycles. The van der Waals surface area contributed by atoms with Gasteiger partial charge < -0.3 is 20.3 Å². The first-order valence-electron chi connectivity index (χ1n) is 9.89. The summed E-state index contributed by atoms with van der Waals surface area (Å²) in [6, 6.07) is 15.7. The van der Waals surface area contributed by atoms with Crippen molar-refractivity contribution < 1.29 is 23.8 Å². The standard InChI is InChI=1S/C25H20FN3O4.ClH/c1-32-20-11-18-19(12-21(20)33-2)28-13-29-24(18)16-5-3-14(4-6-16)22(25(30)31)23(27)15-7-9-17(26)10-8-15;/h3-13H,27H2,1-2H3,(H,30,31);1H/b23-22+;. The number of methoxy groups -OCH3 is 2. The molecular weight excluding hydrogens is 461 g/mol. The van der Waals surface area contributed by atoms with Crippen LogP contribution in [0, 0.1) is 5.82 Å². The molecule has 0 atom stereocenters. The SMILES string of the molecule is COc1cc2ncnc(-c3ccc(/C(C(=O)O)=C(\N)c4ccc(F)cc4)cc3)c2cc1OC.Cl. The van der Waals surface area contributed by atoms with Crippen LogP contribution in [0.4, 0.5) is 4.39 Å². The summed E-state index contributed by atoms with van der Waals surface area (Å²) in [5.41, 5.74) is 9.01. The van der Waals surface area contributed by atoms with Gasteiger partial charge in [-0.1, -0.05) is 24.3 Å². The lowest BCUT2D eigenvalue weighted by molar-refractivity contribution is -0.130. The molecule has 0 fully saturated rings. The molecule has 0 aliphatic carbocycles. The van der Waals surface area contributed by atoms with E-state index in [0.717, 1.165) is 10.9 Å². The molecule has 0 amide bonds. The molecule has 3 aromatic carbocycles. The Morgan fingerprint density at radius 3 is 2.09 bits per heavy atom. The van der Waals surface area contributed by atoms with Crippen LogP contribution < -0.4 is 15.2 Å². The molecule has 174 valence electrons. The van der Waals surface area contributed by atoms with Crippen molar-refractivity contribution in [3.63, 3.8) is 0 Å². The van der Waals surface area contributed by atoms with E-state index in [0.29, 0.717) is 33.8 Å². The summed E-state index contributed by atoms with van der Waals surface area (Å²) in [6.45, 7) is 0. The molecule has 1 aromatic heterocycles. The second-order valence-corrected chi connectivity index (χ2v) is 7.12. The Morgan fingerprint density at radius 1 is 0.912 bits per heavy atom. The van der Waals surface area contributed by atoms with Crippen molar-refractivity contribution in [2.45, 2.75) is 0 Å². The van der Waals surface area contributed by atoms with Gasteiger partial charge in [0.2, 0.25) is 0 Å². The first-order chi connectivity index (χ1) is 15.9. The van der Waals surface area contributed by atoms with Crippen LogP contribution in [0.3, 0.4) is 0 Å². The van der Waals surface area contributed by atoms with E-state index in [9.17, 15) is 14.3 Å². The molecule has 4 rings (SSSR count). The summed E-state index contributed by atoms with van der Waals surface area (Å²) < 4.78 is 24.0. The predicted molar refractivity (Wildman–Crippen MR) is 130 cm³/mol. The Kier molecular flexibility index (Phi) is 7.33. The second kappa shape index (κ2) is 10.2. The van der Waals surface area contributed by atoms with Gasteiger partial charge in [0.25, 0.3) is 0 Å². The van der Waals surface area contributed by atoms with Crippen molar-refractivity contribution in [3.05, 3.63) is 83.9 Å². The average molecular weight is 482 g/mol. The highest BCUT2D eigenvalue weighted by Gasteiger charge is 2.18. The normalized spacial score (nSPS) is 11.4. The summed E-state index contributed by atoms with van der Waals surface area (Å²) >= 11 is 0. The van der Waals surface area contributed by atoms with Crippen molar-refractivity contribution in [2.75, 3.05) is 14.2 Å². The van der Waals surface area contributed by atoms with Gasteiger partial charge in [0, 0.05) is 17.0 Å². The Labute approximate surface area is 201 Å². The van der Waals surface area contributed by atoms with E-state index in [1.54, 1.807) is 50.6 Å². The topological polar surface area (TPSA) is 108 Å². The number of hydrogen-bond donors (Lipinski definition) is 2. The van der Waals surface area contributed by atoms with Crippen molar-refractivity contribution in [2.24, 2.45) is 5.73 Å². The lowest BCUT2D eigenvalue weighted by Crippen LogP contribution is -2.09. The number of halogens is 2. The summed E-state index contributed by atoms with van der Waals surface area (Å²) in [4.78, 5) is 20.7. The smallest absolute Gasteiger partial charge is 0.338 e. The number of nitrogens with zero attached hydrogens (tertiary/aromatic N) is 2. The minimum absolute atomic E-state index is 0. The second-order valence-electron chi connectivity index (χ2n) is 7.12. The lowest BCUT2D eigenvalue weighted by Gasteiger charge is -2.12. The number of carboxylic acids is 1. The van der Waals surface area contributed by atoms with Crippen LogP contribution in [0.2, 0.25) is 0 Å². The molecule has 7 nitrogen and oxygen atoms in total. The molecule has 0 spiro atoms. The number of carbonyl (C=O) groups is 1. The number of fused-ring (bicyclic) bond motifs is 1. The molecule has 0 bridgehead atoms. The Bertz CT molecular complexity index is 1370. The monoisotopic (exact) mass is 481 g/mol. The molecule has 0 radical (unpaired) electrons. The molecule has 0 unspecified atom stereocenters. The molecule has 0 saturated heterocycles. The van der Waals surface area contributed by atoms with Crippen LogP contribution in [0.1, 0.15) is 11.1 Å². The van der Waals surface area contributed by atoms with Crippen LogP contribution in [0.5, 0.6) is 11.5 Å². The maximum absolute atomic E-state index is 13.2. The Hall–Kier alpha value is -4.17. The summed E-state index contributed by atoms with van der Waals surface area (Å²) in [7, 11) is 3.10. The first kappa shape index (κ1) is 24.5. The van der Waals surface area contributed by atoms with Crippen molar-refractivity contribution in [1.82, 2.24) is 9.97 Å². The Balaban J connectivity index is 0.00000324. The fourth-order valence-corrected chi connectivity index (χ4v) is 3.58. The third-order valence-corrected chi connectivity index (χ3v) is 5.23. The van der Waals surface area contributed by atoms with E-state index in [1.165, 1.54) is 30.6 Å². The largest absolute Gasteiger partial charge is 0.493 e. The summed E-state index contributed by atoms with van der Waals surface area (Å²) in [5, 5.41) is 10.5. The molecule has 3 N–H and O–H groups in total. The van der Waals surface area contributed by atoms with E-state index >= 15 is 0 Å². The van der Waals surface area contributed by atoms with E-state index < -0.39 is 11.8 Å². The number of benzene rings is 3. The van der Waals surface area contributed by atoms with Gasteiger partial charge in [-0.15, -0.1) is 12.4 Å². The van der Waals surface area contributed by atoms with E-state index in [2.05, 4.69) is 9.97 Å². The van der Waals surface area contributed by atoms with Crippen LogP contribution in [-0.2, 0) is 4.79 Å². The van der Waals surface area contributed by atoms with Gasteiger partial charge in [0.15, 0.2) is 11.5 Å². The first-order valence-corrected chi connectivity index (χ1v) is 9.89. The van der Waals surface area contributed by atoms with Crippen molar-refractivity contribution in [1.29, 1.82) is 0 Å².